The summed E-state index contributed by atoms with van der Waals surface area (Å²) in [6, 6.07) is 12.5. The number of rotatable bonds is 6. The molecular formula is C25H33N3O2Si. The van der Waals surface area contributed by atoms with Gasteiger partial charge >= 0.3 is 5.97 Å². The monoisotopic (exact) mass is 435 g/mol. The first-order chi connectivity index (χ1) is 14.6. The van der Waals surface area contributed by atoms with Crippen LogP contribution in [0.3, 0.4) is 0 Å². The van der Waals surface area contributed by atoms with Crippen LogP contribution in [0, 0.1) is 23.7 Å². The fourth-order valence-electron chi connectivity index (χ4n) is 4.73. The number of nitriles is 1. The van der Waals surface area contributed by atoms with E-state index in [-0.39, 0.29) is 0 Å². The Labute approximate surface area is 186 Å². The minimum atomic E-state index is -1.48. The van der Waals surface area contributed by atoms with Gasteiger partial charge in [0.1, 0.15) is 6.07 Å². The zero-order valence-corrected chi connectivity index (χ0v) is 20.3. The molecule has 3 rings (SSSR count). The molecule has 1 aromatic heterocycles. The Morgan fingerprint density at radius 3 is 2.29 bits per heavy atom. The summed E-state index contributed by atoms with van der Waals surface area (Å²) < 4.78 is 1.84. The Balaban J connectivity index is 2.33. The Morgan fingerprint density at radius 1 is 1.19 bits per heavy atom. The summed E-state index contributed by atoms with van der Waals surface area (Å²) >= 11 is 0. The average Bonchev–Trinajstić information content (AvgIpc) is 3.11. The van der Waals surface area contributed by atoms with Crippen molar-refractivity contribution in [3.8, 4) is 6.07 Å². The first-order valence-electron chi connectivity index (χ1n) is 11.2. The number of allylic oxidation sites excluding steroid dienone is 1. The lowest BCUT2D eigenvalue weighted by molar-refractivity contribution is -0.146. The van der Waals surface area contributed by atoms with Crippen molar-refractivity contribution in [2.75, 3.05) is 0 Å². The standard InChI is InChI=1S/C25H33N3O2Si/c1-6-28-22(16-18(2)27-28)23(25(24(29)30)14-8-7-9-15-25)21(17-26)19-10-12-20(13-11-19)31(3,4)5/h10-13,16H,6-9,14-15H2,1-5H3,(H,29,30)/b23-21-. The van der Waals surface area contributed by atoms with E-state index in [1.54, 1.807) is 0 Å². The summed E-state index contributed by atoms with van der Waals surface area (Å²) in [5, 5.41) is 26.7. The molecule has 1 saturated carbocycles. The number of benzene rings is 1. The number of aryl methyl sites for hydroxylation is 2. The number of carboxylic acids is 1. The Kier molecular flexibility index (Phi) is 6.56. The second kappa shape index (κ2) is 8.84. The van der Waals surface area contributed by atoms with Crippen molar-refractivity contribution in [1.82, 2.24) is 9.78 Å². The lowest BCUT2D eigenvalue weighted by atomic mass is 9.66. The van der Waals surface area contributed by atoms with Crippen LogP contribution in [0.1, 0.15) is 56.0 Å². The number of hydrogen-bond acceptors (Lipinski definition) is 3. The lowest BCUT2D eigenvalue weighted by Gasteiger charge is -2.36. The maximum absolute atomic E-state index is 12.8. The van der Waals surface area contributed by atoms with Crippen LogP contribution in [0.25, 0.3) is 11.1 Å². The van der Waals surface area contributed by atoms with E-state index >= 15 is 0 Å². The molecule has 1 fully saturated rings. The normalized spacial score (nSPS) is 17.0. The molecule has 0 radical (unpaired) electrons. The number of aliphatic carboxylic acids is 1. The highest BCUT2D eigenvalue weighted by molar-refractivity contribution is 6.88. The van der Waals surface area contributed by atoms with Gasteiger partial charge in [0.05, 0.1) is 30.4 Å². The third kappa shape index (κ3) is 4.38. The number of carbonyl (C=O) groups is 1. The van der Waals surface area contributed by atoms with Gasteiger partial charge in [0.2, 0.25) is 0 Å². The van der Waals surface area contributed by atoms with Gasteiger partial charge in [0, 0.05) is 12.1 Å². The lowest BCUT2D eigenvalue weighted by Crippen LogP contribution is -2.37. The van der Waals surface area contributed by atoms with E-state index in [1.165, 1.54) is 5.19 Å². The second-order valence-corrected chi connectivity index (χ2v) is 14.7. The van der Waals surface area contributed by atoms with Gasteiger partial charge in [-0.1, -0.05) is 68.4 Å². The van der Waals surface area contributed by atoms with Gasteiger partial charge in [-0.05, 0) is 38.3 Å². The van der Waals surface area contributed by atoms with E-state index in [0.29, 0.717) is 30.5 Å². The molecular weight excluding hydrogens is 402 g/mol. The number of carboxylic acid groups (broad SMARTS) is 1. The molecule has 0 bridgehead atoms. The molecule has 1 N–H and O–H groups in total. The molecule has 1 aromatic carbocycles. The first kappa shape index (κ1) is 23.0. The average molecular weight is 436 g/mol. The molecule has 6 heteroatoms. The summed E-state index contributed by atoms with van der Waals surface area (Å²) in [5.74, 6) is -0.838. The summed E-state index contributed by atoms with van der Waals surface area (Å²) in [4.78, 5) is 12.8. The second-order valence-electron chi connectivity index (χ2n) is 9.62. The molecule has 164 valence electrons. The molecule has 0 spiro atoms. The SMILES string of the molecule is CCn1nc(C)cc1/C(=C(\C#N)c1ccc([Si](C)(C)C)cc1)C1(C(=O)O)CCCCC1. The molecule has 5 nitrogen and oxygen atoms in total. The first-order valence-corrected chi connectivity index (χ1v) is 14.7. The fourth-order valence-corrected chi connectivity index (χ4v) is 5.89. The maximum atomic E-state index is 12.8. The molecule has 0 unspecified atom stereocenters. The Morgan fingerprint density at radius 2 is 1.81 bits per heavy atom. The molecule has 1 heterocycles. The van der Waals surface area contributed by atoms with Crippen LogP contribution in [0.15, 0.2) is 30.3 Å². The van der Waals surface area contributed by atoms with E-state index in [9.17, 15) is 15.2 Å². The van der Waals surface area contributed by atoms with Crippen LogP contribution in [0.5, 0.6) is 0 Å². The minimum Gasteiger partial charge on any atom is -0.481 e. The van der Waals surface area contributed by atoms with Gasteiger partial charge in [-0.15, -0.1) is 0 Å². The highest BCUT2D eigenvalue weighted by Gasteiger charge is 2.46. The molecule has 1 aliphatic carbocycles. The van der Waals surface area contributed by atoms with Crippen molar-refractivity contribution in [2.24, 2.45) is 5.41 Å². The van der Waals surface area contributed by atoms with Crippen molar-refractivity contribution in [2.45, 2.75) is 72.1 Å². The number of aromatic nitrogens is 2. The molecule has 0 saturated heterocycles. The van der Waals surface area contributed by atoms with Crippen molar-refractivity contribution in [3.63, 3.8) is 0 Å². The van der Waals surface area contributed by atoms with Crippen molar-refractivity contribution in [3.05, 3.63) is 47.3 Å². The quantitative estimate of drug-likeness (QED) is 0.498. The van der Waals surface area contributed by atoms with Gasteiger partial charge in [-0.3, -0.25) is 9.48 Å². The van der Waals surface area contributed by atoms with E-state index < -0.39 is 19.5 Å². The smallest absolute Gasteiger partial charge is 0.314 e. The van der Waals surface area contributed by atoms with E-state index in [4.69, 9.17) is 0 Å². The zero-order chi connectivity index (χ0) is 22.8. The Hall–Kier alpha value is -2.65. The van der Waals surface area contributed by atoms with Crippen LogP contribution in [0.4, 0.5) is 0 Å². The van der Waals surface area contributed by atoms with Crippen LogP contribution in [0.2, 0.25) is 19.6 Å². The van der Waals surface area contributed by atoms with Gasteiger partial charge in [0.15, 0.2) is 0 Å². The van der Waals surface area contributed by atoms with Crippen LogP contribution >= 0.6 is 0 Å². The van der Waals surface area contributed by atoms with Gasteiger partial charge in [-0.2, -0.15) is 10.4 Å². The van der Waals surface area contributed by atoms with E-state index in [0.717, 1.165) is 36.2 Å². The largest absolute Gasteiger partial charge is 0.481 e. The Bertz CT molecular complexity index is 1030. The molecule has 0 amide bonds. The number of nitrogens with zero attached hydrogens (tertiary/aromatic N) is 3. The van der Waals surface area contributed by atoms with Crippen LogP contribution in [-0.2, 0) is 11.3 Å². The maximum Gasteiger partial charge on any atom is 0.314 e. The minimum absolute atomic E-state index is 0.459. The summed E-state index contributed by atoms with van der Waals surface area (Å²) in [6.45, 7) is 11.4. The zero-order valence-electron chi connectivity index (χ0n) is 19.3. The van der Waals surface area contributed by atoms with Crippen molar-refractivity contribution >= 4 is 30.4 Å². The topological polar surface area (TPSA) is 78.9 Å². The summed E-state index contributed by atoms with van der Waals surface area (Å²) in [6.07, 6.45) is 3.82. The van der Waals surface area contributed by atoms with Crippen LogP contribution in [-0.4, -0.2) is 28.9 Å². The highest BCUT2D eigenvalue weighted by atomic mass is 28.3. The third-order valence-electron chi connectivity index (χ3n) is 6.45. The molecule has 0 atom stereocenters. The third-order valence-corrected chi connectivity index (χ3v) is 8.52. The molecule has 1 aliphatic rings. The van der Waals surface area contributed by atoms with Gasteiger partial charge < -0.3 is 5.11 Å². The predicted molar refractivity (Wildman–Crippen MR) is 128 cm³/mol. The van der Waals surface area contributed by atoms with Gasteiger partial charge in [-0.25, -0.2) is 0 Å². The van der Waals surface area contributed by atoms with Gasteiger partial charge in [0.25, 0.3) is 0 Å². The van der Waals surface area contributed by atoms with Crippen LogP contribution < -0.4 is 5.19 Å². The highest BCUT2D eigenvalue weighted by Crippen LogP contribution is 2.50. The van der Waals surface area contributed by atoms with E-state index in [2.05, 4.69) is 42.9 Å². The van der Waals surface area contributed by atoms with E-state index in [1.807, 2.05) is 36.7 Å². The summed E-state index contributed by atoms with van der Waals surface area (Å²) in [5.41, 5.74) is 2.39. The summed E-state index contributed by atoms with van der Waals surface area (Å²) in [7, 11) is -1.48. The van der Waals surface area contributed by atoms with Crippen molar-refractivity contribution in [1.29, 1.82) is 5.26 Å². The molecule has 2 aromatic rings. The number of hydrogen-bond donors (Lipinski definition) is 1. The van der Waals surface area contributed by atoms with Crippen molar-refractivity contribution < 1.29 is 9.90 Å². The predicted octanol–water partition coefficient (Wildman–Crippen LogP) is 5.23. The molecule has 0 aliphatic heterocycles. The fraction of sp³-hybridized carbons (Fsp3) is 0.480. The molecule has 31 heavy (non-hydrogen) atoms.